The molecule has 1 saturated heterocycles. The molecule has 0 radical (unpaired) electrons. The van der Waals surface area contributed by atoms with Crippen LogP contribution in [0.2, 0.25) is 0 Å². The van der Waals surface area contributed by atoms with Gasteiger partial charge in [0.25, 0.3) is 5.91 Å². The minimum absolute atomic E-state index is 0.0482. The van der Waals surface area contributed by atoms with Crippen molar-refractivity contribution in [3.05, 3.63) is 24.0 Å². The number of hydrogen-bond acceptors (Lipinski definition) is 5. The Morgan fingerprint density at radius 3 is 2.71 bits per heavy atom. The van der Waals surface area contributed by atoms with Crippen LogP contribution in [0.3, 0.4) is 0 Å². The summed E-state index contributed by atoms with van der Waals surface area (Å²) in [5.41, 5.74) is 1.35. The second kappa shape index (κ2) is 6.39. The van der Waals surface area contributed by atoms with E-state index >= 15 is 0 Å². The molecule has 7 nitrogen and oxygen atoms in total. The van der Waals surface area contributed by atoms with Crippen molar-refractivity contribution in [3.8, 4) is 0 Å². The third-order valence-corrected chi connectivity index (χ3v) is 5.08. The predicted molar refractivity (Wildman–Crippen MR) is 92.4 cm³/mol. The van der Waals surface area contributed by atoms with E-state index in [-0.39, 0.29) is 5.91 Å². The van der Waals surface area contributed by atoms with Crippen molar-refractivity contribution in [2.75, 3.05) is 38.1 Å². The summed E-state index contributed by atoms with van der Waals surface area (Å²) in [6.07, 6.45) is 8.00. The lowest BCUT2D eigenvalue weighted by Gasteiger charge is -2.32. The summed E-state index contributed by atoms with van der Waals surface area (Å²) in [6, 6.07) is 2.30. The first-order valence-electron chi connectivity index (χ1n) is 8.79. The number of fused-ring (bicyclic) bond motifs is 1. The van der Waals surface area contributed by atoms with Crippen LogP contribution in [0, 0.1) is 0 Å². The molecular weight excluding hydrogens is 304 g/mol. The van der Waals surface area contributed by atoms with E-state index in [0.717, 1.165) is 50.5 Å². The topological polar surface area (TPSA) is 65.8 Å². The molecule has 2 aliphatic rings. The molecule has 2 aromatic rings. The van der Waals surface area contributed by atoms with Gasteiger partial charge in [-0.3, -0.25) is 4.79 Å². The zero-order valence-electron chi connectivity index (χ0n) is 14.1. The fourth-order valence-electron chi connectivity index (χ4n) is 3.51. The zero-order valence-corrected chi connectivity index (χ0v) is 14.1. The van der Waals surface area contributed by atoms with E-state index in [1.807, 2.05) is 6.07 Å². The zero-order chi connectivity index (χ0) is 16.5. The average molecular weight is 328 g/mol. The van der Waals surface area contributed by atoms with Crippen molar-refractivity contribution in [2.24, 2.45) is 0 Å². The Hall–Kier alpha value is -2.15. The summed E-state index contributed by atoms with van der Waals surface area (Å²) in [7, 11) is 2.14. The number of carbonyl (C=O) groups is 1. The summed E-state index contributed by atoms with van der Waals surface area (Å²) >= 11 is 0. The Kier molecular flexibility index (Phi) is 4.10. The number of aromatic nitrogens is 3. The molecule has 1 N–H and O–H groups in total. The van der Waals surface area contributed by atoms with Crippen molar-refractivity contribution in [1.29, 1.82) is 0 Å². The number of likely N-dealkylation sites (N-methyl/N-ethyl adjacent to an activating group) is 1. The van der Waals surface area contributed by atoms with Gasteiger partial charge in [0.05, 0.1) is 5.56 Å². The summed E-state index contributed by atoms with van der Waals surface area (Å²) in [4.78, 5) is 21.4. The number of hydrogen-bond donors (Lipinski definition) is 1. The van der Waals surface area contributed by atoms with Crippen LogP contribution in [-0.4, -0.2) is 64.7 Å². The van der Waals surface area contributed by atoms with Crippen LogP contribution in [0.5, 0.6) is 0 Å². The van der Waals surface area contributed by atoms with Crippen LogP contribution in [0.15, 0.2) is 18.5 Å². The van der Waals surface area contributed by atoms with Crippen molar-refractivity contribution in [2.45, 2.75) is 31.7 Å². The van der Waals surface area contributed by atoms with Gasteiger partial charge >= 0.3 is 0 Å². The minimum Gasteiger partial charge on any atom is -0.353 e. The lowest BCUT2D eigenvalue weighted by atomic mass is 10.2. The standard InChI is InChI=1S/C17H24N6O/c1-21-6-8-22(9-7-21)16-10-15-18-11-13(12-23(15)20-16)17(24)19-14-4-2-3-5-14/h10-12,14H,2-9H2,1H3,(H,19,24). The summed E-state index contributed by atoms with van der Waals surface area (Å²) in [5.74, 6) is 0.886. The van der Waals surface area contributed by atoms with Crippen LogP contribution in [0.4, 0.5) is 5.82 Å². The molecule has 24 heavy (non-hydrogen) atoms. The summed E-state index contributed by atoms with van der Waals surface area (Å²) in [5, 5.41) is 7.72. The van der Waals surface area contributed by atoms with Gasteiger partial charge in [-0.1, -0.05) is 12.8 Å². The molecule has 128 valence electrons. The first kappa shape index (κ1) is 15.4. The average Bonchev–Trinajstić information content (AvgIpc) is 3.23. The Labute approximate surface area is 141 Å². The van der Waals surface area contributed by atoms with Gasteiger partial charge in [-0.2, -0.15) is 0 Å². The van der Waals surface area contributed by atoms with Gasteiger partial charge in [0.15, 0.2) is 11.5 Å². The highest BCUT2D eigenvalue weighted by Gasteiger charge is 2.20. The van der Waals surface area contributed by atoms with Crippen LogP contribution >= 0.6 is 0 Å². The van der Waals surface area contributed by atoms with Crippen molar-refractivity contribution >= 4 is 17.4 Å². The molecule has 7 heteroatoms. The molecule has 2 fully saturated rings. The fraction of sp³-hybridized carbons (Fsp3) is 0.588. The molecule has 4 rings (SSSR count). The molecule has 0 spiro atoms. The van der Waals surface area contributed by atoms with Crippen molar-refractivity contribution in [1.82, 2.24) is 24.8 Å². The van der Waals surface area contributed by atoms with E-state index in [0.29, 0.717) is 11.6 Å². The lowest BCUT2D eigenvalue weighted by Crippen LogP contribution is -2.44. The Morgan fingerprint density at radius 2 is 1.96 bits per heavy atom. The molecule has 1 aliphatic heterocycles. The first-order valence-corrected chi connectivity index (χ1v) is 8.79. The number of carbonyl (C=O) groups excluding carboxylic acids is 1. The molecule has 0 bridgehead atoms. The molecule has 2 aromatic heterocycles. The number of anilines is 1. The van der Waals surface area contributed by atoms with Crippen LogP contribution < -0.4 is 10.2 Å². The maximum absolute atomic E-state index is 12.4. The number of rotatable bonds is 3. The molecule has 1 aliphatic carbocycles. The summed E-state index contributed by atoms with van der Waals surface area (Å²) in [6.45, 7) is 4.01. The molecule has 0 unspecified atom stereocenters. The molecule has 1 amide bonds. The van der Waals surface area contributed by atoms with Crippen molar-refractivity contribution < 1.29 is 4.79 Å². The molecule has 0 atom stereocenters. The second-order valence-corrected chi connectivity index (χ2v) is 6.89. The van der Waals surface area contributed by atoms with Gasteiger partial charge in [0.2, 0.25) is 0 Å². The van der Waals surface area contributed by atoms with Gasteiger partial charge in [0, 0.05) is 50.7 Å². The minimum atomic E-state index is -0.0482. The van der Waals surface area contributed by atoms with Gasteiger partial charge in [-0.15, -0.1) is 5.10 Å². The third kappa shape index (κ3) is 3.08. The highest BCUT2D eigenvalue weighted by Crippen LogP contribution is 2.19. The largest absolute Gasteiger partial charge is 0.353 e. The van der Waals surface area contributed by atoms with E-state index in [9.17, 15) is 4.79 Å². The fourth-order valence-corrected chi connectivity index (χ4v) is 3.51. The van der Waals surface area contributed by atoms with Gasteiger partial charge in [0.1, 0.15) is 0 Å². The van der Waals surface area contributed by atoms with Crippen LogP contribution in [-0.2, 0) is 0 Å². The second-order valence-electron chi connectivity index (χ2n) is 6.89. The quantitative estimate of drug-likeness (QED) is 0.916. The Morgan fingerprint density at radius 1 is 1.21 bits per heavy atom. The van der Waals surface area contributed by atoms with Gasteiger partial charge in [-0.25, -0.2) is 9.50 Å². The van der Waals surface area contributed by atoms with E-state index in [1.165, 1.54) is 12.8 Å². The SMILES string of the molecule is CN1CCN(c2cc3ncc(C(=O)NC4CCCC4)cn3n2)CC1. The highest BCUT2D eigenvalue weighted by atomic mass is 16.1. The number of nitrogens with one attached hydrogen (secondary N) is 1. The Balaban J connectivity index is 1.51. The number of piperazine rings is 1. The number of nitrogens with zero attached hydrogens (tertiary/aromatic N) is 5. The normalized spacial score (nSPS) is 20.0. The molecule has 0 aromatic carbocycles. The highest BCUT2D eigenvalue weighted by molar-refractivity contribution is 5.94. The van der Waals surface area contributed by atoms with E-state index in [4.69, 9.17) is 0 Å². The summed E-state index contributed by atoms with van der Waals surface area (Å²) < 4.78 is 1.72. The maximum atomic E-state index is 12.4. The first-order chi connectivity index (χ1) is 11.7. The van der Waals surface area contributed by atoms with Gasteiger partial charge < -0.3 is 15.1 Å². The predicted octanol–water partition coefficient (Wildman–Crippen LogP) is 1.15. The van der Waals surface area contributed by atoms with E-state index in [1.54, 1.807) is 16.9 Å². The smallest absolute Gasteiger partial charge is 0.254 e. The maximum Gasteiger partial charge on any atom is 0.254 e. The van der Waals surface area contributed by atoms with Crippen LogP contribution in [0.25, 0.3) is 5.65 Å². The van der Waals surface area contributed by atoms with Crippen LogP contribution in [0.1, 0.15) is 36.0 Å². The Bertz CT molecular complexity index is 728. The molecule has 3 heterocycles. The van der Waals surface area contributed by atoms with Gasteiger partial charge in [-0.05, 0) is 19.9 Å². The number of amides is 1. The lowest BCUT2D eigenvalue weighted by molar-refractivity contribution is 0.0937. The van der Waals surface area contributed by atoms with E-state index in [2.05, 4.69) is 32.2 Å². The van der Waals surface area contributed by atoms with Crippen molar-refractivity contribution in [3.63, 3.8) is 0 Å². The monoisotopic (exact) mass is 328 g/mol. The molecule has 1 saturated carbocycles. The molecular formula is C17H24N6O. The van der Waals surface area contributed by atoms with E-state index < -0.39 is 0 Å². The third-order valence-electron chi connectivity index (χ3n) is 5.08.